The molecule has 26 heavy (non-hydrogen) atoms. The van der Waals surface area contributed by atoms with Crippen LogP contribution >= 0.6 is 12.4 Å². The summed E-state index contributed by atoms with van der Waals surface area (Å²) >= 11 is 0. The van der Waals surface area contributed by atoms with E-state index in [0.29, 0.717) is 4.68 Å². The fourth-order valence-electron chi connectivity index (χ4n) is 2.10. The van der Waals surface area contributed by atoms with Gasteiger partial charge in [-0.3, -0.25) is 4.79 Å². The molecule has 0 bridgehead atoms. The summed E-state index contributed by atoms with van der Waals surface area (Å²) in [6, 6.07) is 5.56. The Morgan fingerprint density at radius 3 is 2.62 bits per heavy atom. The van der Waals surface area contributed by atoms with Crippen molar-refractivity contribution in [1.82, 2.24) is 9.78 Å². The summed E-state index contributed by atoms with van der Waals surface area (Å²) in [5, 5.41) is 6.09. The van der Waals surface area contributed by atoms with Crippen LogP contribution in [0.2, 0.25) is 0 Å². The first-order chi connectivity index (χ1) is 11.8. The number of benzene rings is 1. The molecule has 0 spiro atoms. The lowest BCUT2D eigenvalue weighted by Gasteiger charge is -2.13. The molecular formula is C15H16ClF3N4O3. The molecule has 0 fully saturated rings. The van der Waals surface area contributed by atoms with Crippen molar-refractivity contribution in [3.8, 4) is 5.69 Å². The zero-order chi connectivity index (χ0) is 18.6. The Labute approximate surface area is 152 Å². The summed E-state index contributed by atoms with van der Waals surface area (Å²) < 4.78 is 45.5. The molecule has 0 radical (unpaired) electrons. The number of hydrogen-bond donors (Lipinski definition) is 2. The Balaban J connectivity index is 0.00000338. The van der Waals surface area contributed by atoms with Crippen molar-refractivity contribution in [3.63, 3.8) is 0 Å². The number of hydrogen-bond acceptors (Lipinski definition) is 5. The molecule has 1 aromatic heterocycles. The van der Waals surface area contributed by atoms with Crippen LogP contribution in [0, 0.1) is 0 Å². The number of aromatic nitrogens is 2. The van der Waals surface area contributed by atoms with Gasteiger partial charge < -0.3 is 15.8 Å². The van der Waals surface area contributed by atoms with Crippen LogP contribution in [0.3, 0.4) is 0 Å². The fraction of sp³-hybridized carbons (Fsp3) is 0.267. The summed E-state index contributed by atoms with van der Waals surface area (Å²) in [5.41, 5.74) is 3.50. The number of esters is 1. The molecule has 0 aliphatic rings. The number of anilines is 1. The van der Waals surface area contributed by atoms with Crippen LogP contribution in [0.25, 0.3) is 5.69 Å². The third kappa shape index (κ3) is 4.73. The highest BCUT2D eigenvalue weighted by molar-refractivity contribution is 5.92. The van der Waals surface area contributed by atoms with Gasteiger partial charge in [-0.05, 0) is 25.1 Å². The first-order valence-corrected chi connectivity index (χ1v) is 7.20. The van der Waals surface area contributed by atoms with Crippen LogP contribution in [0.5, 0.6) is 0 Å². The Hall–Kier alpha value is -2.59. The molecular weight excluding hydrogens is 377 g/mol. The lowest BCUT2D eigenvalue weighted by Crippen LogP contribution is -2.22. The van der Waals surface area contributed by atoms with Crippen LogP contribution in [0.15, 0.2) is 30.5 Å². The lowest BCUT2D eigenvalue weighted by atomic mass is 10.2. The molecule has 0 saturated heterocycles. The van der Waals surface area contributed by atoms with Gasteiger partial charge in [-0.25, -0.2) is 9.48 Å². The number of halogens is 4. The third-order valence-electron chi connectivity index (χ3n) is 3.09. The van der Waals surface area contributed by atoms with Gasteiger partial charge in [0.1, 0.15) is 5.56 Å². The third-order valence-corrected chi connectivity index (χ3v) is 3.09. The van der Waals surface area contributed by atoms with E-state index in [0.717, 1.165) is 6.20 Å². The van der Waals surface area contributed by atoms with Crippen LogP contribution in [0.1, 0.15) is 23.0 Å². The Kier molecular flexibility index (Phi) is 7.16. The van der Waals surface area contributed by atoms with Gasteiger partial charge >= 0.3 is 12.1 Å². The molecule has 1 aromatic carbocycles. The SMILES string of the molecule is CCOC(=O)c1cnn(-c2cccc(NC(=O)CN)c2)c1C(F)(F)F.Cl. The molecule has 2 rings (SSSR count). The number of ether oxygens (including phenoxy) is 1. The zero-order valence-electron chi connectivity index (χ0n) is 13.5. The summed E-state index contributed by atoms with van der Waals surface area (Å²) in [6.07, 6.45) is -4.04. The second-order valence-corrected chi connectivity index (χ2v) is 4.84. The number of nitrogens with two attached hydrogens (primary N) is 1. The van der Waals surface area contributed by atoms with E-state index in [-0.39, 0.29) is 36.9 Å². The van der Waals surface area contributed by atoms with Gasteiger partial charge in [0, 0.05) is 5.69 Å². The number of rotatable bonds is 5. The second kappa shape index (κ2) is 8.68. The fourth-order valence-corrected chi connectivity index (χ4v) is 2.10. The monoisotopic (exact) mass is 392 g/mol. The lowest BCUT2D eigenvalue weighted by molar-refractivity contribution is -0.143. The predicted molar refractivity (Wildman–Crippen MR) is 89.5 cm³/mol. The minimum Gasteiger partial charge on any atom is -0.462 e. The van der Waals surface area contributed by atoms with Crippen LogP contribution < -0.4 is 11.1 Å². The normalized spacial score (nSPS) is 10.8. The van der Waals surface area contributed by atoms with Gasteiger partial charge in [0.25, 0.3) is 0 Å². The quantitative estimate of drug-likeness (QED) is 0.761. The second-order valence-electron chi connectivity index (χ2n) is 4.84. The molecule has 0 atom stereocenters. The van der Waals surface area contributed by atoms with E-state index in [2.05, 4.69) is 15.2 Å². The number of amides is 1. The van der Waals surface area contributed by atoms with Gasteiger partial charge in [-0.2, -0.15) is 18.3 Å². The standard InChI is InChI=1S/C15H15F3N4O3.ClH/c1-2-25-14(24)11-8-20-22(13(11)15(16,17)18)10-5-3-4-9(6-10)21-12(23)7-19;/h3-6,8H,2,7,19H2,1H3,(H,21,23);1H. The average molecular weight is 393 g/mol. The minimum atomic E-state index is -4.84. The van der Waals surface area contributed by atoms with Crippen molar-refractivity contribution in [1.29, 1.82) is 0 Å². The number of nitrogens with one attached hydrogen (secondary N) is 1. The average Bonchev–Trinajstić information content (AvgIpc) is 3.00. The van der Waals surface area contributed by atoms with E-state index in [4.69, 9.17) is 5.73 Å². The van der Waals surface area contributed by atoms with Gasteiger partial charge in [0.05, 0.1) is 25.0 Å². The molecule has 2 aromatic rings. The summed E-state index contributed by atoms with van der Waals surface area (Å²) in [6.45, 7) is 1.15. The molecule has 0 aliphatic heterocycles. The Morgan fingerprint density at radius 2 is 2.04 bits per heavy atom. The van der Waals surface area contributed by atoms with Crippen molar-refractivity contribution in [2.24, 2.45) is 5.73 Å². The van der Waals surface area contributed by atoms with E-state index in [1.165, 1.54) is 31.2 Å². The first kappa shape index (κ1) is 21.5. The first-order valence-electron chi connectivity index (χ1n) is 7.20. The van der Waals surface area contributed by atoms with Crippen molar-refractivity contribution in [2.75, 3.05) is 18.5 Å². The molecule has 1 amide bonds. The number of carbonyl (C=O) groups is 2. The maximum Gasteiger partial charge on any atom is 0.434 e. The number of alkyl halides is 3. The molecule has 7 nitrogen and oxygen atoms in total. The van der Waals surface area contributed by atoms with Crippen molar-refractivity contribution in [3.05, 3.63) is 41.7 Å². The Bertz CT molecular complexity index is 793. The van der Waals surface area contributed by atoms with Crippen LogP contribution in [0.4, 0.5) is 18.9 Å². The number of nitrogens with zero attached hydrogens (tertiary/aromatic N) is 2. The van der Waals surface area contributed by atoms with E-state index in [1.807, 2.05) is 0 Å². The highest BCUT2D eigenvalue weighted by Crippen LogP contribution is 2.34. The van der Waals surface area contributed by atoms with E-state index in [9.17, 15) is 22.8 Å². The van der Waals surface area contributed by atoms with Gasteiger partial charge in [0.2, 0.25) is 5.91 Å². The van der Waals surface area contributed by atoms with E-state index in [1.54, 1.807) is 0 Å². The van der Waals surface area contributed by atoms with Crippen LogP contribution in [-0.2, 0) is 15.7 Å². The summed E-state index contributed by atoms with van der Waals surface area (Å²) in [4.78, 5) is 23.1. The predicted octanol–water partition coefficient (Wildman–Crippen LogP) is 2.39. The van der Waals surface area contributed by atoms with Crippen molar-refractivity contribution >= 4 is 30.0 Å². The zero-order valence-corrected chi connectivity index (χ0v) is 14.4. The highest BCUT2D eigenvalue weighted by Gasteiger charge is 2.41. The molecule has 1 heterocycles. The minimum absolute atomic E-state index is 0. The maximum absolute atomic E-state index is 13.4. The molecule has 3 N–H and O–H groups in total. The van der Waals surface area contributed by atoms with Crippen LogP contribution in [-0.4, -0.2) is 34.8 Å². The molecule has 11 heteroatoms. The molecule has 142 valence electrons. The molecule has 0 unspecified atom stereocenters. The largest absolute Gasteiger partial charge is 0.462 e. The van der Waals surface area contributed by atoms with Gasteiger partial charge in [-0.15, -0.1) is 12.4 Å². The van der Waals surface area contributed by atoms with E-state index < -0.39 is 29.3 Å². The molecule has 0 saturated carbocycles. The van der Waals surface area contributed by atoms with Crippen molar-refractivity contribution < 1.29 is 27.5 Å². The summed E-state index contributed by atoms with van der Waals surface area (Å²) in [7, 11) is 0. The van der Waals surface area contributed by atoms with Gasteiger partial charge in [-0.1, -0.05) is 6.07 Å². The molecule has 0 aliphatic carbocycles. The highest BCUT2D eigenvalue weighted by atomic mass is 35.5. The van der Waals surface area contributed by atoms with Gasteiger partial charge in [0.15, 0.2) is 5.69 Å². The number of carbonyl (C=O) groups excluding carboxylic acids is 2. The summed E-state index contributed by atoms with van der Waals surface area (Å²) in [5.74, 6) is -1.62. The smallest absolute Gasteiger partial charge is 0.434 e. The topological polar surface area (TPSA) is 99.2 Å². The van der Waals surface area contributed by atoms with Crippen molar-refractivity contribution in [2.45, 2.75) is 13.1 Å². The maximum atomic E-state index is 13.4. The Morgan fingerprint density at radius 1 is 1.35 bits per heavy atom. The van der Waals surface area contributed by atoms with E-state index >= 15 is 0 Å².